The molecule has 2 amide bonds. The van der Waals surface area contributed by atoms with Gasteiger partial charge in [-0.25, -0.2) is 9.78 Å². The van der Waals surface area contributed by atoms with Crippen molar-refractivity contribution in [3.63, 3.8) is 0 Å². The Balaban J connectivity index is 1.61. The molecule has 2 heterocycles. The molecule has 0 fully saturated rings. The Bertz CT molecular complexity index is 861. The Morgan fingerprint density at radius 1 is 1.20 bits per heavy atom. The summed E-state index contributed by atoms with van der Waals surface area (Å²) < 4.78 is 5.50. The predicted molar refractivity (Wildman–Crippen MR) is 97.6 cm³/mol. The number of urea groups is 1. The summed E-state index contributed by atoms with van der Waals surface area (Å²) in [4.78, 5) is 20.4. The summed E-state index contributed by atoms with van der Waals surface area (Å²) in [5, 5.41) is 7.66. The van der Waals surface area contributed by atoms with Gasteiger partial charge in [-0.05, 0) is 30.2 Å². The van der Waals surface area contributed by atoms with Crippen molar-refractivity contribution >= 4 is 22.5 Å². The predicted octanol–water partition coefficient (Wildman–Crippen LogP) is 3.74. The highest BCUT2D eigenvalue weighted by Crippen LogP contribution is 2.21. The molecule has 0 saturated heterocycles. The summed E-state index contributed by atoms with van der Waals surface area (Å²) in [7, 11) is 0. The molecule has 0 aliphatic heterocycles. The highest BCUT2D eigenvalue weighted by molar-refractivity contribution is 6.01. The fourth-order valence-electron chi connectivity index (χ4n) is 2.43. The van der Waals surface area contributed by atoms with E-state index in [2.05, 4.69) is 20.6 Å². The lowest BCUT2D eigenvalue weighted by atomic mass is 10.1. The lowest BCUT2D eigenvalue weighted by molar-refractivity contribution is 0.251. The number of anilines is 1. The van der Waals surface area contributed by atoms with Gasteiger partial charge in [-0.15, -0.1) is 0 Å². The quantitative estimate of drug-likeness (QED) is 0.719. The smallest absolute Gasteiger partial charge is 0.319 e. The first-order valence-corrected chi connectivity index (χ1v) is 8.21. The molecule has 3 aromatic rings. The molecule has 6 heteroatoms. The van der Waals surface area contributed by atoms with E-state index in [1.165, 1.54) is 0 Å². The first-order chi connectivity index (χ1) is 12.3. The van der Waals surface area contributed by atoms with Gasteiger partial charge in [0.15, 0.2) is 0 Å². The van der Waals surface area contributed by atoms with E-state index < -0.39 is 0 Å². The zero-order chi connectivity index (χ0) is 17.5. The van der Waals surface area contributed by atoms with Crippen molar-refractivity contribution in [2.45, 2.75) is 19.9 Å². The summed E-state index contributed by atoms with van der Waals surface area (Å²) in [6.07, 6.45) is 6.08. The van der Waals surface area contributed by atoms with Crippen molar-refractivity contribution in [3.8, 4) is 5.88 Å². The van der Waals surface area contributed by atoms with Gasteiger partial charge in [-0.2, -0.15) is 0 Å². The molecule has 0 aliphatic carbocycles. The van der Waals surface area contributed by atoms with E-state index in [0.29, 0.717) is 19.0 Å². The second-order valence-electron chi connectivity index (χ2n) is 5.56. The van der Waals surface area contributed by atoms with Gasteiger partial charge < -0.3 is 15.4 Å². The number of nitrogens with zero attached hydrogens (tertiary/aromatic N) is 2. The molecule has 0 atom stereocenters. The number of ether oxygens (including phenoxy) is 1. The number of fused-ring (bicyclic) bond motifs is 1. The van der Waals surface area contributed by atoms with E-state index in [1.807, 2.05) is 43.3 Å². The van der Waals surface area contributed by atoms with E-state index in [9.17, 15) is 4.79 Å². The van der Waals surface area contributed by atoms with Gasteiger partial charge >= 0.3 is 6.03 Å². The Morgan fingerprint density at radius 2 is 2.12 bits per heavy atom. The summed E-state index contributed by atoms with van der Waals surface area (Å²) in [5.74, 6) is 0.572. The van der Waals surface area contributed by atoms with Gasteiger partial charge in [0.2, 0.25) is 5.88 Å². The maximum Gasteiger partial charge on any atom is 0.319 e. The number of rotatable bonds is 6. The molecule has 0 radical (unpaired) electrons. The average Bonchev–Trinajstić information content (AvgIpc) is 2.65. The van der Waals surface area contributed by atoms with Crippen LogP contribution in [0.1, 0.15) is 18.9 Å². The van der Waals surface area contributed by atoms with E-state index in [4.69, 9.17) is 4.74 Å². The summed E-state index contributed by atoms with van der Waals surface area (Å²) in [6, 6.07) is 11.0. The van der Waals surface area contributed by atoms with E-state index in [1.54, 1.807) is 18.6 Å². The number of carbonyl (C=O) groups excluding carboxylic acids is 1. The summed E-state index contributed by atoms with van der Waals surface area (Å²) in [6.45, 7) is 3.06. The molecule has 0 aliphatic rings. The van der Waals surface area contributed by atoms with Crippen LogP contribution in [0.5, 0.6) is 5.88 Å². The van der Waals surface area contributed by atoms with Crippen LogP contribution in [-0.2, 0) is 6.54 Å². The third-order valence-corrected chi connectivity index (χ3v) is 3.64. The molecule has 0 spiro atoms. The molecule has 2 aromatic heterocycles. The van der Waals surface area contributed by atoms with Gasteiger partial charge in [0, 0.05) is 42.0 Å². The first-order valence-electron chi connectivity index (χ1n) is 8.21. The minimum Gasteiger partial charge on any atom is -0.478 e. The minimum atomic E-state index is -0.267. The molecule has 1 aromatic carbocycles. The van der Waals surface area contributed by atoms with Crippen molar-refractivity contribution < 1.29 is 9.53 Å². The van der Waals surface area contributed by atoms with Gasteiger partial charge in [0.1, 0.15) is 0 Å². The maximum atomic E-state index is 12.2. The summed E-state index contributed by atoms with van der Waals surface area (Å²) in [5.41, 5.74) is 1.68. The number of aromatic nitrogens is 2. The van der Waals surface area contributed by atoms with Crippen LogP contribution < -0.4 is 15.4 Å². The summed E-state index contributed by atoms with van der Waals surface area (Å²) >= 11 is 0. The van der Waals surface area contributed by atoms with Crippen LogP contribution in [0, 0.1) is 0 Å². The number of nitrogens with one attached hydrogen (secondary N) is 2. The largest absolute Gasteiger partial charge is 0.478 e. The molecule has 25 heavy (non-hydrogen) atoms. The monoisotopic (exact) mass is 336 g/mol. The van der Waals surface area contributed by atoms with Crippen molar-refractivity contribution in [1.29, 1.82) is 0 Å². The van der Waals surface area contributed by atoms with Crippen molar-refractivity contribution in [2.24, 2.45) is 0 Å². The second-order valence-corrected chi connectivity index (χ2v) is 5.56. The molecule has 0 bridgehead atoms. The van der Waals surface area contributed by atoms with Crippen LogP contribution in [0.2, 0.25) is 0 Å². The Hall–Kier alpha value is -3.15. The van der Waals surface area contributed by atoms with Crippen LogP contribution in [0.25, 0.3) is 10.8 Å². The molecule has 2 N–H and O–H groups in total. The third-order valence-electron chi connectivity index (χ3n) is 3.64. The fraction of sp³-hybridized carbons (Fsp3) is 0.211. The first kappa shape index (κ1) is 16.7. The van der Waals surface area contributed by atoms with E-state index in [0.717, 1.165) is 28.4 Å². The molecule has 0 unspecified atom stereocenters. The van der Waals surface area contributed by atoms with Gasteiger partial charge in [-0.1, -0.05) is 19.1 Å². The average molecular weight is 336 g/mol. The van der Waals surface area contributed by atoms with Crippen LogP contribution >= 0.6 is 0 Å². The van der Waals surface area contributed by atoms with Crippen LogP contribution in [0.4, 0.5) is 10.5 Å². The number of amides is 2. The molecule has 6 nitrogen and oxygen atoms in total. The molecular formula is C19H20N4O2. The zero-order valence-electron chi connectivity index (χ0n) is 14.0. The topological polar surface area (TPSA) is 76.1 Å². The fourth-order valence-corrected chi connectivity index (χ4v) is 2.43. The maximum absolute atomic E-state index is 12.2. The highest BCUT2D eigenvalue weighted by Gasteiger charge is 2.06. The number of hydrogen-bond acceptors (Lipinski definition) is 4. The zero-order valence-corrected chi connectivity index (χ0v) is 14.0. The molecule has 128 valence electrons. The molecular weight excluding hydrogens is 316 g/mol. The van der Waals surface area contributed by atoms with Crippen molar-refractivity contribution in [3.05, 3.63) is 60.6 Å². The van der Waals surface area contributed by atoms with Crippen LogP contribution in [0.15, 0.2) is 55.0 Å². The number of carbonyl (C=O) groups is 1. The van der Waals surface area contributed by atoms with Gasteiger partial charge in [0.05, 0.1) is 12.3 Å². The SMILES string of the molecule is CCCOc1cc(CNC(=O)Nc2cccc3cnccc23)ccn1. The lowest BCUT2D eigenvalue weighted by Crippen LogP contribution is -2.28. The van der Waals surface area contributed by atoms with E-state index in [-0.39, 0.29) is 6.03 Å². The van der Waals surface area contributed by atoms with Crippen LogP contribution in [-0.4, -0.2) is 22.6 Å². The van der Waals surface area contributed by atoms with Gasteiger partial charge in [-0.3, -0.25) is 4.98 Å². The van der Waals surface area contributed by atoms with Crippen LogP contribution in [0.3, 0.4) is 0 Å². The normalized spacial score (nSPS) is 10.4. The van der Waals surface area contributed by atoms with Crippen molar-refractivity contribution in [1.82, 2.24) is 15.3 Å². The Kier molecular flexibility index (Phi) is 5.41. The van der Waals surface area contributed by atoms with Crippen molar-refractivity contribution in [2.75, 3.05) is 11.9 Å². The van der Waals surface area contributed by atoms with E-state index >= 15 is 0 Å². The number of benzene rings is 1. The Labute approximate surface area is 146 Å². The Morgan fingerprint density at radius 3 is 3.00 bits per heavy atom. The highest BCUT2D eigenvalue weighted by atomic mass is 16.5. The minimum absolute atomic E-state index is 0.267. The number of hydrogen-bond donors (Lipinski definition) is 2. The van der Waals surface area contributed by atoms with Gasteiger partial charge in [0.25, 0.3) is 0 Å². The number of pyridine rings is 2. The molecule has 3 rings (SSSR count). The third kappa shape index (κ3) is 4.44. The lowest BCUT2D eigenvalue weighted by Gasteiger charge is -2.10. The molecule has 0 saturated carbocycles. The standard InChI is InChI=1S/C19H20N4O2/c1-2-10-25-18-11-14(6-9-21-18)12-22-19(24)23-17-5-3-4-15-13-20-8-7-16(15)17/h3-9,11,13H,2,10,12H2,1H3,(H2,22,23,24). The second kappa shape index (κ2) is 8.10.